The maximum absolute atomic E-state index is 14.0. The standard InChI is InChI=1S/C22H19Cl2F3N4O3/c1-33-17-4-3-11(5-18(17)34-2)16-9-19(22(25,26)27)31-20(30-16)15(10-28-31)21(32)29-14-7-12(23)6-13(24)8-14/h3-8,10,16,19,30H,9H2,1-2H3,(H,29,32)/t16-,19-/m1/s1. The van der Waals surface area contributed by atoms with Gasteiger partial charge in [0.1, 0.15) is 11.4 Å². The molecule has 34 heavy (non-hydrogen) atoms. The first-order chi connectivity index (χ1) is 16.1. The number of hydrogen-bond acceptors (Lipinski definition) is 5. The predicted octanol–water partition coefficient (Wildman–Crippen LogP) is 6.12. The highest BCUT2D eigenvalue weighted by Gasteiger charge is 2.47. The fourth-order valence-corrected chi connectivity index (χ4v) is 4.37. The van der Waals surface area contributed by atoms with Crippen molar-refractivity contribution in [1.82, 2.24) is 9.78 Å². The number of methoxy groups -OCH3 is 2. The number of aromatic nitrogens is 2. The van der Waals surface area contributed by atoms with Crippen molar-refractivity contribution in [2.75, 3.05) is 24.9 Å². The molecule has 12 heteroatoms. The maximum atomic E-state index is 14.0. The molecule has 4 rings (SSSR count). The summed E-state index contributed by atoms with van der Waals surface area (Å²) in [6.45, 7) is 0. The van der Waals surface area contributed by atoms with E-state index < -0.39 is 24.2 Å². The van der Waals surface area contributed by atoms with Gasteiger partial charge in [0, 0.05) is 22.2 Å². The second kappa shape index (κ2) is 9.27. The maximum Gasteiger partial charge on any atom is 0.410 e. The Bertz CT molecular complexity index is 1210. The third kappa shape index (κ3) is 4.74. The number of ether oxygens (including phenoxy) is 2. The highest BCUT2D eigenvalue weighted by atomic mass is 35.5. The van der Waals surface area contributed by atoms with Crippen molar-refractivity contribution in [1.29, 1.82) is 0 Å². The van der Waals surface area contributed by atoms with Crippen LogP contribution in [0.25, 0.3) is 0 Å². The average molecular weight is 515 g/mol. The second-order valence-corrected chi connectivity index (χ2v) is 8.44. The molecule has 0 bridgehead atoms. The molecule has 0 saturated carbocycles. The Balaban J connectivity index is 1.70. The van der Waals surface area contributed by atoms with E-state index >= 15 is 0 Å². The molecule has 0 unspecified atom stereocenters. The summed E-state index contributed by atoms with van der Waals surface area (Å²) in [5, 5.41) is 10.1. The zero-order valence-corrected chi connectivity index (χ0v) is 19.4. The van der Waals surface area contributed by atoms with Gasteiger partial charge in [-0.15, -0.1) is 0 Å². The molecule has 1 aliphatic heterocycles. The van der Waals surface area contributed by atoms with Gasteiger partial charge in [-0.3, -0.25) is 4.79 Å². The summed E-state index contributed by atoms with van der Waals surface area (Å²) in [6, 6.07) is 6.58. The largest absolute Gasteiger partial charge is 0.493 e. The molecule has 1 amide bonds. The quantitative estimate of drug-likeness (QED) is 0.428. The lowest BCUT2D eigenvalue weighted by atomic mass is 9.96. The third-order valence-corrected chi connectivity index (χ3v) is 5.85. The molecule has 2 N–H and O–H groups in total. The Morgan fingerprint density at radius 1 is 1.12 bits per heavy atom. The Morgan fingerprint density at radius 3 is 2.41 bits per heavy atom. The van der Waals surface area contributed by atoms with E-state index in [-0.39, 0.29) is 17.8 Å². The summed E-state index contributed by atoms with van der Waals surface area (Å²) >= 11 is 11.9. The van der Waals surface area contributed by atoms with Crippen molar-refractivity contribution < 1.29 is 27.4 Å². The predicted molar refractivity (Wildman–Crippen MR) is 122 cm³/mol. The number of nitrogens with zero attached hydrogens (tertiary/aromatic N) is 2. The molecule has 0 fully saturated rings. The first kappa shape index (κ1) is 24.0. The molecular weight excluding hydrogens is 496 g/mol. The number of anilines is 2. The first-order valence-electron chi connectivity index (χ1n) is 10.0. The number of carbonyl (C=O) groups is 1. The van der Waals surface area contributed by atoms with E-state index in [1.54, 1.807) is 18.2 Å². The van der Waals surface area contributed by atoms with Gasteiger partial charge in [0.05, 0.1) is 26.5 Å². The molecule has 180 valence electrons. The van der Waals surface area contributed by atoms with Crippen molar-refractivity contribution in [2.45, 2.75) is 24.7 Å². The Labute approximate surface area is 202 Å². The molecule has 0 spiro atoms. The number of amides is 1. The number of halogens is 5. The third-order valence-electron chi connectivity index (χ3n) is 5.41. The molecule has 2 aromatic carbocycles. The van der Waals surface area contributed by atoms with Gasteiger partial charge in [0.25, 0.3) is 5.91 Å². The van der Waals surface area contributed by atoms with Gasteiger partial charge in [-0.2, -0.15) is 18.3 Å². The van der Waals surface area contributed by atoms with E-state index in [4.69, 9.17) is 32.7 Å². The van der Waals surface area contributed by atoms with E-state index in [1.807, 2.05) is 0 Å². The molecule has 0 saturated heterocycles. The lowest BCUT2D eigenvalue weighted by Crippen LogP contribution is -2.36. The van der Waals surface area contributed by atoms with E-state index in [1.165, 1.54) is 32.4 Å². The number of hydrogen-bond donors (Lipinski definition) is 2. The van der Waals surface area contributed by atoms with Crippen LogP contribution < -0.4 is 20.1 Å². The van der Waals surface area contributed by atoms with Crippen LogP contribution in [0.2, 0.25) is 10.0 Å². The molecule has 2 heterocycles. The van der Waals surface area contributed by atoms with Gasteiger partial charge in [0.2, 0.25) is 0 Å². The molecule has 2 atom stereocenters. The highest BCUT2D eigenvalue weighted by molar-refractivity contribution is 6.35. The van der Waals surface area contributed by atoms with E-state index in [2.05, 4.69) is 15.7 Å². The molecule has 7 nitrogen and oxygen atoms in total. The van der Waals surface area contributed by atoms with Crippen LogP contribution in [0.4, 0.5) is 24.7 Å². The smallest absolute Gasteiger partial charge is 0.410 e. The number of carbonyl (C=O) groups excluding carboxylic acids is 1. The molecule has 3 aromatic rings. The minimum atomic E-state index is -4.59. The van der Waals surface area contributed by atoms with Crippen LogP contribution in [0.1, 0.15) is 34.4 Å². The summed E-state index contributed by atoms with van der Waals surface area (Å²) in [5.41, 5.74) is 0.768. The van der Waals surface area contributed by atoms with Gasteiger partial charge in [-0.1, -0.05) is 29.3 Å². The molecule has 0 aliphatic carbocycles. The number of fused-ring (bicyclic) bond motifs is 1. The van der Waals surface area contributed by atoms with Crippen LogP contribution in [0, 0.1) is 0 Å². The lowest BCUT2D eigenvalue weighted by Gasteiger charge is -2.34. The average Bonchev–Trinajstić information content (AvgIpc) is 3.20. The summed E-state index contributed by atoms with van der Waals surface area (Å²) < 4.78 is 53.2. The van der Waals surface area contributed by atoms with Crippen molar-refractivity contribution in [3.63, 3.8) is 0 Å². The minimum absolute atomic E-state index is 0.0565. The zero-order valence-electron chi connectivity index (χ0n) is 17.9. The lowest BCUT2D eigenvalue weighted by molar-refractivity contribution is -0.173. The summed E-state index contributed by atoms with van der Waals surface area (Å²) in [6.07, 6.45) is -3.83. The molecule has 1 aliphatic rings. The summed E-state index contributed by atoms with van der Waals surface area (Å²) in [4.78, 5) is 12.9. The zero-order chi connectivity index (χ0) is 24.6. The van der Waals surface area contributed by atoms with Crippen LogP contribution in [0.3, 0.4) is 0 Å². The molecule has 1 aromatic heterocycles. The minimum Gasteiger partial charge on any atom is -0.493 e. The Morgan fingerprint density at radius 2 is 1.79 bits per heavy atom. The van der Waals surface area contributed by atoms with Crippen LogP contribution >= 0.6 is 23.2 Å². The van der Waals surface area contributed by atoms with Gasteiger partial charge in [-0.05, 0) is 35.9 Å². The Kier molecular flexibility index (Phi) is 6.55. The van der Waals surface area contributed by atoms with Crippen molar-refractivity contribution in [3.05, 3.63) is 63.8 Å². The van der Waals surface area contributed by atoms with Crippen molar-refractivity contribution >= 4 is 40.6 Å². The van der Waals surface area contributed by atoms with Gasteiger partial charge in [-0.25, -0.2) is 4.68 Å². The molecular formula is C22H19Cl2F3N4O3. The SMILES string of the molecule is COc1ccc([C@H]2C[C@H](C(F)(F)F)n3ncc(C(=O)Nc4cc(Cl)cc(Cl)c4)c3N2)cc1OC. The second-order valence-electron chi connectivity index (χ2n) is 7.57. The van der Waals surface area contributed by atoms with Gasteiger partial charge < -0.3 is 20.1 Å². The van der Waals surface area contributed by atoms with Crippen LogP contribution in [-0.2, 0) is 0 Å². The molecule has 0 radical (unpaired) electrons. The number of alkyl halides is 3. The van der Waals surface area contributed by atoms with Crippen LogP contribution in [0.5, 0.6) is 11.5 Å². The highest BCUT2D eigenvalue weighted by Crippen LogP contribution is 2.45. The number of benzene rings is 2. The van der Waals surface area contributed by atoms with Gasteiger partial charge >= 0.3 is 6.18 Å². The first-order valence-corrected chi connectivity index (χ1v) is 10.8. The summed E-state index contributed by atoms with van der Waals surface area (Å²) in [5.74, 6) is 0.0971. The van der Waals surface area contributed by atoms with E-state index in [0.717, 1.165) is 10.9 Å². The van der Waals surface area contributed by atoms with Gasteiger partial charge in [0.15, 0.2) is 17.5 Å². The normalized spacial score (nSPS) is 17.5. The fourth-order valence-electron chi connectivity index (χ4n) is 3.84. The Hall–Kier alpha value is -3.11. The van der Waals surface area contributed by atoms with Crippen molar-refractivity contribution in [3.8, 4) is 11.5 Å². The van der Waals surface area contributed by atoms with Crippen LogP contribution in [-0.4, -0.2) is 36.1 Å². The van der Waals surface area contributed by atoms with Crippen LogP contribution in [0.15, 0.2) is 42.6 Å². The van der Waals surface area contributed by atoms with Crippen molar-refractivity contribution in [2.24, 2.45) is 0 Å². The monoisotopic (exact) mass is 514 g/mol. The number of rotatable bonds is 5. The fraction of sp³-hybridized carbons (Fsp3) is 0.273. The number of nitrogens with one attached hydrogen (secondary N) is 2. The topological polar surface area (TPSA) is 77.4 Å². The summed E-state index contributed by atoms with van der Waals surface area (Å²) in [7, 11) is 2.90. The van der Waals surface area contributed by atoms with E-state index in [9.17, 15) is 18.0 Å². The van der Waals surface area contributed by atoms with E-state index in [0.29, 0.717) is 32.8 Å².